The van der Waals surface area contributed by atoms with Crippen molar-refractivity contribution in [3.05, 3.63) is 82.4 Å². The Hall–Kier alpha value is -3.19. The quantitative estimate of drug-likeness (QED) is 0.531. The van der Waals surface area contributed by atoms with Gasteiger partial charge < -0.3 is 9.30 Å². The predicted molar refractivity (Wildman–Crippen MR) is 116 cm³/mol. The minimum Gasteiger partial charge on any atom is -0.468 e. The summed E-state index contributed by atoms with van der Waals surface area (Å²) >= 11 is 5.96. The number of esters is 1. The second-order valence-electron chi connectivity index (χ2n) is 7.32. The van der Waals surface area contributed by atoms with Crippen molar-refractivity contribution in [2.75, 3.05) is 7.11 Å². The minimum absolute atomic E-state index is 0.00220. The number of halogens is 1. The third-order valence-electron chi connectivity index (χ3n) is 5.40. The summed E-state index contributed by atoms with van der Waals surface area (Å²) in [6.45, 7) is 0.443. The highest BCUT2D eigenvalue weighted by molar-refractivity contribution is 7.89. The van der Waals surface area contributed by atoms with Crippen LogP contribution < -0.4 is 0 Å². The van der Waals surface area contributed by atoms with Crippen LogP contribution in [0.25, 0.3) is 0 Å². The van der Waals surface area contributed by atoms with Crippen LogP contribution in [0.3, 0.4) is 0 Å². The number of methoxy groups -OCH3 is 1. The van der Waals surface area contributed by atoms with Gasteiger partial charge in [-0.2, -0.15) is 9.57 Å². The summed E-state index contributed by atoms with van der Waals surface area (Å²) in [6, 6.07) is 13.9. The molecule has 32 heavy (non-hydrogen) atoms. The van der Waals surface area contributed by atoms with Gasteiger partial charge in [0, 0.05) is 18.0 Å². The second kappa shape index (κ2) is 8.74. The first kappa shape index (κ1) is 22.0. The normalized spacial score (nSPS) is 16.2. The Labute approximate surface area is 190 Å². The van der Waals surface area contributed by atoms with Gasteiger partial charge in [0.1, 0.15) is 6.04 Å². The zero-order valence-electron chi connectivity index (χ0n) is 17.1. The van der Waals surface area contributed by atoms with Gasteiger partial charge >= 0.3 is 5.97 Å². The van der Waals surface area contributed by atoms with Crippen molar-refractivity contribution in [1.82, 2.24) is 13.9 Å². The highest BCUT2D eigenvalue weighted by Crippen LogP contribution is 2.30. The molecule has 0 aliphatic carbocycles. The van der Waals surface area contributed by atoms with Gasteiger partial charge in [-0.3, -0.25) is 4.79 Å². The zero-order chi connectivity index (χ0) is 22.9. The van der Waals surface area contributed by atoms with Gasteiger partial charge in [0.05, 0.1) is 47.9 Å². The van der Waals surface area contributed by atoms with Crippen LogP contribution in [-0.4, -0.2) is 41.4 Å². The highest BCUT2D eigenvalue weighted by atomic mass is 35.5. The van der Waals surface area contributed by atoms with Crippen molar-refractivity contribution < 1.29 is 17.9 Å². The fraction of sp³-hybridized carbons (Fsp3) is 0.227. The molecule has 0 saturated heterocycles. The summed E-state index contributed by atoms with van der Waals surface area (Å²) in [5.74, 6) is -0.653. The molecule has 4 rings (SSSR count). The lowest BCUT2D eigenvalue weighted by Gasteiger charge is -2.33. The molecule has 2 heterocycles. The number of carbonyl (C=O) groups excluding carboxylic acids is 1. The Morgan fingerprint density at radius 2 is 1.91 bits per heavy atom. The van der Waals surface area contributed by atoms with E-state index in [1.54, 1.807) is 18.5 Å². The van der Waals surface area contributed by atoms with Crippen molar-refractivity contribution in [2.24, 2.45) is 0 Å². The van der Waals surface area contributed by atoms with Crippen LogP contribution in [0.1, 0.15) is 22.5 Å². The summed E-state index contributed by atoms with van der Waals surface area (Å²) < 4.78 is 34.8. The number of benzene rings is 2. The van der Waals surface area contributed by atoms with Crippen molar-refractivity contribution in [1.29, 1.82) is 5.26 Å². The third kappa shape index (κ3) is 4.12. The zero-order valence-corrected chi connectivity index (χ0v) is 18.7. The number of ether oxygens (including phenoxy) is 1. The molecule has 164 valence electrons. The molecule has 0 spiro atoms. The molecule has 1 aliphatic heterocycles. The van der Waals surface area contributed by atoms with Gasteiger partial charge in [-0.15, -0.1) is 0 Å². The van der Waals surface area contributed by atoms with Gasteiger partial charge in [-0.05, 0) is 42.0 Å². The Morgan fingerprint density at radius 3 is 2.53 bits per heavy atom. The van der Waals surface area contributed by atoms with Crippen LogP contribution in [0.2, 0.25) is 5.02 Å². The average molecular weight is 471 g/mol. The molecule has 2 aromatic carbocycles. The summed E-state index contributed by atoms with van der Waals surface area (Å²) in [6.07, 6.45) is 1.75. The summed E-state index contributed by atoms with van der Waals surface area (Å²) in [4.78, 5) is 16.9. The average Bonchev–Trinajstić information content (AvgIpc) is 3.21. The molecule has 3 aromatic rings. The SMILES string of the molecule is COC(=O)[C@H]1Cc2ncn(Cc3ccc(Cl)cc3)c2CN1S(=O)(=O)c1ccc(C#N)cc1. The number of aromatic nitrogens is 2. The number of rotatable bonds is 5. The number of hydrogen-bond donors (Lipinski definition) is 0. The monoisotopic (exact) mass is 470 g/mol. The topological polar surface area (TPSA) is 105 Å². The summed E-state index contributed by atoms with van der Waals surface area (Å²) in [5, 5.41) is 9.62. The van der Waals surface area contributed by atoms with Gasteiger partial charge in [-0.1, -0.05) is 23.7 Å². The molecule has 0 radical (unpaired) electrons. The van der Waals surface area contributed by atoms with E-state index in [4.69, 9.17) is 21.6 Å². The van der Waals surface area contributed by atoms with Gasteiger partial charge in [0.2, 0.25) is 10.0 Å². The van der Waals surface area contributed by atoms with Crippen LogP contribution >= 0.6 is 11.6 Å². The van der Waals surface area contributed by atoms with Crippen LogP contribution in [0, 0.1) is 11.3 Å². The molecule has 0 bridgehead atoms. The number of sulfonamides is 1. The fourth-order valence-electron chi connectivity index (χ4n) is 3.69. The van der Waals surface area contributed by atoms with E-state index >= 15 is 0 Å². The molecule has 0 amide bonds. The highest BCUT2D eigenvalue weighted by Gasteiger charge is 2.42. The number of carbonyl (C=O) groups is 1. The molecule has 1 atom stereocenters. The number of imidazole rings is 1. The van der Waals surface area contributed by atoms with E-state index in [9.17, 15) is 13.2 Å². The van der Waals surface area contributed by atoms with Crippen molar-refractivity contribution in [2.45, 2.75) is 30.4 Å². The molecule has 0 unspecified atom stereocenters. The van der Waals surface area contributed by atoms with Crippen LogP contribution in [0.4, 0.5) is 0 Å². The fourth-order valence-corrected chi connectivity index (χ4v) is 5.36. The lowest BCUT2D eigenvalue weighted by molar-refractivity contribution is -0.145. The molecular weight excluding hydrogens is 452 g/mol. The molecular formula is C22H19ClN4O4S. The molecule has 1 aromatic heterocycles. The number of fused-ring (bicyclic) bond motifs is 1. The van der Waals surface area contributed by atoms with E-state index in [0.717, 1.165) is 9.87 Å². The maximum atomic E-state index is 13.4. The molecule has 1 aliphatic rings. The Balaban J connectivity index is 1.71. The molecule has 0 N–H and O–H groups in total. The molecule has 8 nitrogen and oxygen atoms in total. The third-order valence-corrected chi connectivity index (χ3v) is 7.52. The maximum Gasteiger partial charge on any atom is 0.324 e. The Bertz CT molecular complexity index is 1300. The lowest BCUT2D eigenvalue weighted by Crippen LogP contribution is -2.49. The maximum absolute atomic E-state index is 13.4. The first-order chi connectivity index (χ1) is 15.3. The first-order valence-electron chi connectivity index (χ1n) is 9.70. The van der Waals surface area contributed by atoms with E-state index < -0.39 is 22.0 Å². The van der Waals surface area contributed by atoms with Crippen LogP contribution in [0.15, 0.2) is 59.8 Å². The standard InChI is InChI=1S/C22H19ClN4O4S/c1-31-22(28)20-10-19-21(26(14-25-19)12-16-2-6-17(23)7-3-16)13-27(20)32(29,30)18-8-4-15(11-24)5-9-18/h2-9,14,20H,10,12-13H2,1H3/t20-/m1/s1. The van der Waals surface area contributed by atoms with Crippen molar-refractivity contribution in [3.63, 3.8) is 0 Å². The van der Waals surface area contributed by atoms with E-state index in [1.165, 1.54) is 31.4 Å². The summed E-state index contributed by atoms with van der Waals surface area (Å²) in [5.41, 5.74) is 2.68. The van der Waals surface area contributed by atoms with E-state index in [0.29, 0.717) is 28.5 Å². The van der Waals surface area contributed by atoms with E-state index in [2.05, 4.69) is 4.98 Å². The first-order valence-corrected chi connectivity index (χ1v) is 11.5. The Kier molecular flexibility index (Phi) is 6.02. The molecule has 0 saturated carbocycles. The largest absolute Gasteiger partial charge is 0.468 e. The lowest BCUT2D eigenvalue weighted by atomic mass is 10.1. The number of hydrogen-bond acceptors (Lipinski definition) is 6. The van der Waals surface area contributed by atoms with Crippen molar-refractivity contribution in [3.8, 4) is 6.07 Å². The van der Waals surface area contributed by atoms with Gasteiger partial charge in [0.25, 0.3) is 0 Å². The summed E-state index contributed by atoms with van der Waals surface area (Å²) in [7, 11) is -2.82. The van der Waals surface area contributed by atoms with E-state index in [1.807, 2.05) is 22.8 Å². The molecule has 10 heteroatoms. The van der Waals surface area contributed by atoms with E-state index in [-0.39, 0.29) is 17.9 Å². The Morgan fingerprint density at radius 1 is 1.22 bits per heavy atom. The number of nitriles is 1. The second-order valence-corrected chi connectivity index (χ2v) is 9.65. The van der Waals surface area contributed by atoms with Crippen LogP contribution in [0.5, 0.6) is 0 Å². The number of nitrogens with zero attached hydrogens (tertiary/aromatic N) is 4. The molecule has 0 fully saturated rings. The minimum atomic E-state index is -4.04. The van der Waals surface area contributed by atoms with Gasteiger partial charge in [-0.25, -0.2) is 13.4 Å². The van der Waals surface area contributed by atoms with Crippen molar-refractivity contribution >= 4 is 27.6 Å². The predicted octanol–water partition coefficient (Wildman–Crippen LogP) is 2.75. The van der Waals surface area contributed by atoms with Gasteiger partial charge in [0.15, 0.2) is 0 Å². The van der Waals surface area contributed by atoms with Crippen LogP contribution in [-0.2, 0) is 39.1 Å². The smallest absolute Gasteiger partial charge is 0.324 e.